The van der Waals surface area contributed by atoms with Crippen molar-refractivity contribution in [2.75, 3.05) is 36.1 Å². The number of aliphatic imine (C=N–C) groups is 1. The Labute approximate surface area is 326 Å². The van der Waals surface area contributed by atoms with E-state index in [9.17, 15) is 27.6 Å². The molecule has 0 unspecified atom stereocenters. The average Bonchev–Trinajstić information content (AvgIpc) is 3.75. The van der Waals surface area contributed by atoms with Gasteiger partial charge in [0.1, 0.15) is 17.0 Å². The summed E-state index contributed by atoms with van der Waals surface area (Å²) < 4.78 is 36.7. The number of hydrogen-bond acceptors (Lipinski definition) is 9. The maximum absolute atomic E-state index is 14.4. The van der Waals surface area contributed by atoms with Gasteiger partial charge in [0.2, 0.25) is 16.0 Å². The summed E-state index contributed by atoms with van der Waals surface area (Å²) in [4.78, 5) is 65.8. The Kier molecular flexibility index (Phi) is 12.1. The van der Waals surface area contributed by atoms with Gasteiger partial charge >= 0.3 is 18.3 Å². The van der Waals surface area contributed by atoms with Crippen LogP contribution < -0.4 is 16.0 Å². The van der Waals surface area contributed by atoms with E-state index in [1.54, 1.807) is 89.0 Å². The minimum atomic E-state index is -3.31. The van der Waals surface area contributed by atoms with Gasteiger partial charge in [-0.25, -0.2) is 37.0 Å². The Morgan fingerprint density at radius 1 is 0.946 bits per heavy atom. The van der Waals surface area contributed by atoms with Crippen LogP contribution in [0.15, 0.2) is 59.7 Å². The van der Waals surface area contributed by atoms with Crippen LogP contribution in [0.1, 0.15) is 83.0 Å². The van der Waals surface area contributed by atoms with E-state index in [0.717, 1.165) is 10.5 Å². The molecule has 2 saturated heterocycles. The summed E-state index contributed by atoms with van der Waals surface area (Å²) in [6.45, 7) is 11.3. The lowest BCUT2D eigenvalue weighted by Crippen LogP contribution is -2.45. The van der Waals surface area contributed by atoms with E-state index in [1.165, 1.54) is 22.7 Å². The Hall–Kier alpha value is -5.49. The number of H-pyrrole nitrogens is 1. The minimum absolute atomic E-state index is 0.0615. The largest absolute Gasteiger partial charge is 0.465 e. The number of imidazole rings is 1. The van der Waals surface area contributed by atoms with Crippen molar-refractivity contribution in [2.24, 2.45) is 22.6 Å². The molecular weight excluding hydrogens is 745 g/mol. The molecule has 3 aromatic rings. The van der Waals surface area contributed by atoms with Crippen LogP contribution in [0, 0.1) is 11.8 Å². The molecule has 2 aromatic carbocycles. The molecule has 0 saturated carbocycles. The van der Waals surface area contributed by atoms with Crippen molar-refractivity contribution in [3.63, 3.8) is 0 Å². The van der Waals surface area contributed by atoms with Gasteiger partial charge < -0.3 is 30.2 Å². The van der Waals surface area contributed by atoms with Crippen molar-refractivity contribution in [2.45, 2.75) is 78.0 Å². The van der Waals surface area contributed by atoms with Gasteiger partial charge in [0, 0.05) is 30.9 Å². The molecule has 302 valence electrons. The van der Waals surface area contributed by atoms with Gasteiger partial charge in [-0.1, -0.05) is 12.1 Å². The lowest BCUT2D eigenvalue weighted by molar-refractivity contribution is 0.0599. The second kappa shape index (κ2) is 16.3. The fourth-order valence-corrected chi connectivity index (χ4v) is 7.74. The van der Waals surface area contributed by atoms with Gasteiger partial charge in [-0.05, 0) is 115 Å². The molecule has 5 N–H and O–H groups in total. The predicted molar refractivity (Wildman–Crippen MR) is 210 cm³/mol. The molecule has 18 heteroatoms. The molecule has 56 heavy (non-hydrogen) atoms. The molecule has 0 spiro atoms. The van der Waals surface area contributed by atoms with Crippen molar-refractivity contribution in [3.8, 4) is 11.3 Å². The highest BCUT2D eigenvalue weighted by molar-refractivity contribution is 7.88. The highest BCUT2D eigenvalue weighted by Crippen LogP contribution is 2.42. The van der Waals surface area contributed by atoms with Gasteiger partial charge in [0.05, 0.1) is 29.9 Å². The third-order valence-electron chi connectivity index (χ3n) is 9.36. The number of carbonyl (C=O) groups is 4. The van der Waals surface area contributed by atoms with E-state index in [2.05, 4.69) is 20.3 Å². The number of nitrogens with two attached hydrogens (primary N) is 1. The summed E-state index contributed by atoms with van der Waals surface area (Å²) in [6.07, 6.45) is 1.72. The monoisotopic (exact) mass is 794 g/mol. The standard InChI is InChI=1S/C38H50N8O9S/c1-37(2,3)54-35(50)43-33(39)46(36(51)55-38(4,5)6)28-14-10-25(11-15-28)32(47)45-22-26(23-16-18-44(19-17-23)56(7,52)53)20-30(45)31-40-21-29(42-31)24-8-12-27(13-9-24)41-34(48)49/h8-15,21,23,26,30,41H,16-20,22H2,1-7H3,(H,40,42)(H,48,49)(H2,39,43,50)/t26-,30-/m1/s1. The van der Waals surface area contributed by atoms with E-state index >= 15 is 0 Å². The van der Waals surface area contributed by atoms with E-state index in [4.69, 9.17) is 20.3 Å². The third kappa shape index (κ3) is 10.6. The van der Waals surface area contributed by atoms with Gasteiger partial charge in [-0.15, -0.1) is 4.99 Å². The summed E-state index contributed by atoms with van der Waals surface area (Å²) in [5.74, 6) is 0.0219. The fraction of sp³-hybridized carbons (Fsp3) is 0.474. The zero-order valence-electron chi connectivity index (χ0n) is 32.6. The normalized spacial score (nSPS) is 18.7. The number of aromatic nitrogens is 2. The van der Waals surface area contributed by atoms with Crippen molar-refractivity contribution in [3.05, 3.63) is 66.1 Å². The minimum Gasteiger partial charge on any atom is -0.465 e. The first-order valence-corrected chi connectivity index (χ1v) is 20.0. The van der Waals surface area contributed by atoms with Gasteiger partial charge in [0.15, 0.2) is 0 Å². The van der Waals surface area contributed by atoms with E-state index < -0.39 is 51.5 Å². The number of ether oxygens (including phenoxy) is 2. The SMILES string of the molecule is CC(C)(C)OC(=O)N=C(N)N(C(=O)OC(C)(C)C)c1ccc(C(=O)N2C[C@H](C3CCN(S(C)(=O)=O)CC3)C[C@@H]2c2ncc(-c3ccc(NC(=O)O)cc3)[nH]2)cc1. The summed E-state index contributed by atoms with van der Waals surface area (Å²) >= 11 is 0. The van der Waals surface area contributed by atoms with Crippen LogP contribution in [0.2, 0.25) is 0 Å². The highest BCUT2D eigenvalue weighted by Gasteiger charge is 2.42. The first kappa shape index (κ1) is 41.7. The number of nitrogens with zero attached hydrogens (tertiary/aromatic N) is 5. The number of guanidine groups is 1. The molecule has 5 rings (SSSR count). The van der Waals surface area contributed by atoms with Crippen LogP contribution in [0.25, 0.3) is 11.3 Å². The van der Waals surface area contributed by atoms with Crippen LogP contribution >= 0.6 is 0 Å². The van der Waals surface area contributed by atoms with Crippen molar-refractivity contribution >= 4 is 51.5 Å². The average molecular weight is 795 g/mol. The number of carboxylic acid groups (broad SMARTS) is 1. The molecular formula is C38H50N8O9S. The van der Waals surface area contributed by atoms with Gasteiger partial charge in [-0.2, -0.15) is 0 Å². The molecule has 3 heterocycles. The van der Waals surface area contributed by atoms with E-state index in [-0.39, 0.29) is 23.4 Å². The molecule has 17 nitrogen and oxygen atoms in total. The number of benzene rings is 2. The summed E-state index contributed by atoms with van der Waals surface area (Å²) in [7, 11) is -3.31. The Morgan fingerprint density at radius 3 is 2.11 bits per heavy atom. The molecule has 2 atom stereocenters. The van der Waals surface area contributed by atoms with E-state index in [1.807, 2.05) is 0 Å². The molecule has 0 aliphatic carbocycles. The maximum Gasteiger partial charge on any atom is 0.437 e. The number of likely N-dealkylation sites (tertiary alicyclic amines) is 1. The number of nitrogens with one attached hydrogen (secondary N) is 2. The predicted octanol–water partition coefficient (Wildman–Crippen LogP) is 6.03. The Morgan fingerprint density at radius 2 is 1.55 bits per heavy atom. The number of anilines is 2. The molecule has 0 radical (unpaired) electrons. The van der Waals surface area contributed by atoms with Crippen LogP contribution in [-0.2, 0) is 19.5 Å². The second-order valence-corrected chi connectivity index (χ2v) is 18.0. The smallest absolute Gasteiger partial charge is 0.437 e. The first-order valence-electron chi connectivity index (χ1n) is 18.2. The molecule has 1 aromatic heterocycles. The number of amides is 4. The van der Waals surface area contributed by atoms with Gasteiger partial charge in [0.25, 0.3) is 5.91 Å². The number of sulfonamides is 1. The second-order valence-electron chi connectivity index (χ2n) is 16.0. The van der Waals surface area contributed by atoms with E-state index in [0.29, 0.717) is 61.7 Å². The molecule has 2 aliphatic heterocycles. The number of rotatable bonds is 7. The van der Waals surface area contributed by atoms with Crippen LogP contribution in [0.5, 0.6) is 0 Å². The van der Waals surface area contributed by atoms with Crippen molar-refractivity contribution in [1.82, 2.24) is 19.2 Å². The first-order chi connectivity index (χ1) is 26.1. The molecule has 4 amide bonds. The molecule has 2 fully saturated rings. The molecule has 2 aliphatic rings. The number of hydrogen-bond donors (Lipinski definition) is 4. The quantitative estimate of drug-likeness (QED) is 0.159. The number of carbonyl (C=O) groups excluding carboxylic acids is 3. The summed E-state index contributed by atoms with van der Waals surface area (Å²) in [6, 6.07) is 12.4. The lowest BCUT2D eigenvalue weighted by Gasteiger charge is -2.33. The summed E-state index contributed by atoms with van der Waals surface area (Å²) in [5.41, 5.74) is 6.77. The van der Waals surface area contributed by atoms with Crippen molar-refractivity contribution < 1.29 is 42.2 Å². The third-order valence-corrected chi connectivity index (χ3v) is 10.7. The lowest BCUT2D eigenvalue weighted by atomic mass is 9.83. The fourth-order valence-electron chi connectivity index (χ4n) is 6.87. The maximum atomic E-state index is 14.4. The zero-order chi connectivity index (χ0) is 41.2. The number of piperidine rings is 1. The van der Waals surface area contributed by atoms with Crippen LogP contribution in [-0.4, -0.2) is 99.9 Å². The zero-order valence-corrected chi connectivity index (χ0v) is 33.4. The highest BCUT2D eigenvalue weighted by atomic mass is 32.2. The van der Waals surface area contributed by atoms with Crippen LogP contribution in [0.3, 0.4) is 0 Å². The van der Waals surface area contributed by atoms with Crippen molar-refractivity contribution in [1.29, 1.82) is 0 Å². The van der Waals surface area contributed by atoms with Crippen LogP contribution in [0.4, 0.5) is 25.8 Å². The summed E-state index contributed by atoms with van der Waals surface area (Å²) in [5, 5.41) is 11.3. The number of aromatic amines is 1. The topological polar surface area (TPSA) is 230 Å². The molecule has 0 bridgehead atoms. The Balaban J connectivity index is 1.43. The Bertz CT molecular complexity index is 2060. The van der Waals surface area contributed by atoms with Gasteiger partial charge in [-0.3, -0.25) is 10.1 Å².